The molecule has 0 spiro atoms. The van der Waals surface area contributed by atoms with Gasteiger partial charge in [0.1, 0.15) is 15.4 Å². The van der Waals surface area contributed by atoms with E-state index in [0.29, 0.717) is 19.0 Å². The van der Waals surface area contributed by atoms with E-state index in [4.69, 9.17) is 0 Å². The van der Waals surface area contributed by atoms with Crippen molar-refractivity contribution in [2.24, 2.45) is 11.8 Å². The minimum Gasteiger partial charge on any atom is -0.348 e. The Bertz CT molecular complexity index is 742. The first kappa shape index (κ1) is 18.7. The van der Waals surface area contributed by atoms with Crippen molar-refractivity contribution in [1.82, 2.24) is 15.2 Å². The molecular formula is C16H25N3O4S. The van der Waals surface area contributed by atoms with Crippen LogP contribution in [0.4, 0.5) is 0 Å². The SMILES string of the molecule is CC(C)[C@@H]1CN(CCS(C)(=O)=O)C[C@H]1NC(=O)c1ccc[nH]c1=O. The number of likely N-dealkylation sites (tertiary alicyclic amines) is 1. The van der Waals surface area contributed by atoms with E-state index in [1.165, 1.54) is 18.5 Å². The molecule has 24 heavy (non-hydrogen) atoms. The Kier molecular flexibility index (Phi) is 5.82. The van der Waals surface area contributed by atoms with Gasteiger partial charge in [0.05, 0.1) is 5.75 Å². The highest BCUT2D eigenvalue weighted by atomic mass is 32.2. The number of aromatic amines is 1. The molecule has 0 saturated carbocycles. The molecule has 0 unspecified atom stereocenters. The van der Waals surface area contributed by atoms with Gasteiger partial charge in [-0.2, -0.15) is 0 Å². The number of hydrogen-bond acceptors (Lipinski definition) is 5. The number of nitrogens with zero attached hydrogens (tertiary/aromatic N) is 1. The van der Waals surface area contributed by atoms with Crippen LogP contribution in [0.1, 0.15) is 24.2 Å². The van der Waals surface area contributed by atoms with Crippen molar-refractivity contribution >= 4 is 15.7 Å². The van der Waals surface area contributed by atoms with Crippen LogP contribution < -0.4 is 10.9 Å². The van der Waals surface area contributed by atoms with Crippen molar-refractivity contribution in [3.05, 3.63) is 34.2 Å². The number of carbonyl (C=O) groups excluding carboxylic acids is 1. The molecule has 1 fully saturated rings. The zero-order valence-corrected chi connectivity index (χ0v) is 15.1. The Morgan fingerprint density at radius 3 is 2.71 bits per heavy atom. The summed E-state index contributed by atoms with van der Waals surface area (Å²) in [5.41, 5.74) is -0.322. The van der Waals surface area contributed by atoms with E-state index in [1.807, 2.05) is 0 Å². The molecule has 2 N–H and O–H groups in total. The zero-order valence-electron chi connectivity index (χ0n) is 14.3. The van der Waals surface area contributed by atoms with Crippen LogP contribution in [-0.2, 0) is 9.84 Å². The highest BCUT2D eigenvalue weighted by Gasteiger charge is 2.36. The van der Waals surface area contributed by atoms with Crippen LogP contribution in [0.25, 0.3) is 0 Å². The number of pyridine rings is 1. The standard InChI is InChI=1S/C16H25N3O4S/c1-11(2)13-9-19(7-8-24(3,22)23)10-14(13)18-16(21)12-5-4-6-17-15(12)20/h4-6,11,13-14H,7-10H2,1-3H3,(H,17,20)(H,18,21)/t13-,14+/m0/s1. The Labute approximate surface area is 142 Å². The molecule has 8 heteroatoms. The molecule has 1 aliphatic rings. The van der Waals surface area contributed by atoms with Gasteiger partial charge in [0, 0.05) is 38.1 Å². The van der Waals surface area contributed by atoms with Gasteiger partial charge in [-0.3, -0.25) is 14.5 Å². The van der Waals surface area contributed by atoms with Gasteiger partial charge in [0.15, 0.2) is 0 Å². The summed E-state index contributed by atoms with van der Waals surface area (Å²) in [6.45, 7) is 5.96. The van der Waals surface area contributed by atoms with E-state index >= 15 is 0 Å². The topological polar surface area (TPSA) is 99.3 Å². The third-order valence-electron chi connectivity index (χ3n) is 4.45. The van der Waals surface area contributed by atoms with Gasteiger partial charge in [0.25, 0.3) is 11.5 Å². The third kappa shape index (κ3) is 4.91. The highest BCUT2D eigenvalue weighted by Crippen LogP contribution is 2.24. The number of sulfone groups is 1. The fourth-order valence-corrected chi connectivity index (χ4v) is 3.66. The zero-order chi connectivity index (χ0) is 17.9. The van der Waals surface area contributed by atoms with Crippen LogP contribution in [0.3, 0.4) is 0 Å². The van der Waals surface area contributed by atoms with E-state index in [0.717, 1.165) is 6.54 Å². The molecular weight excluding hydrogens is 330 g/mol. The molecule has 2 atom stereocenters. The average molecular weight is 355 g/mol. The minimum absolute atomic E-state index is 0.0922. The van der Waals surface area contributed by atoms with Gasteiger partial charge >= 0.3 is 0 Å². The minimum atomic E-state index is -3.01. The van der Waals surface area contributed by atoms with E-state index in [1.54, 1.807) is 6.07 Å². The summed E-state index contributed by atoms with van der Waals surface area (Å²) in [5.74, 6) is 0.276. The summed E-state index contributed by atoms with van der Waals surface area (Å²) in [6, 6.07) is 3.01. The van der Waals surface area contributed by atoms with Crippen LogP contribution in [-0.4, -0.2) is 61.9 Å². The monoisotopic (exact) mass is 355 g/mol. The fraction of sp³-hybridized carbons (Fsp3) is 0.625. The molecule has 0 aromatic carbocycles. The lowest BCUT2D eigenvalue weighted by atomic mass is 9.91. The molecule has 2 heterocycles. The Morgan fingerprint density at radius 1 is 1.42 bits per heavy atom. The average Bonchev–Trinajstić information content (AvgIpc) is 2.88. The van der Waals surface area contributed by atoms with Crippen molar-refractivity contribution in [1.29, 1.82) is 0 Å². The van der Waals surface area contributed by atoms with Crippen LogP contribution in [0.5, 0.6) is 0 Å². The molecule has 1 aromatic rings. The van der Waals surface area contributed by atoms with Crippen LogP contribution in [0.15, 0.2) is 23.1 Å². The number of hydrogen-bond donors (Lipinski definition) is 2. The van der Waals surface area contributed by atoms with Gasteiger partial charge in [0.2, 0.25) is 0 Å². The maximum atomic E-state index is 12.4. The summed E-state index contributed by atoms with van der Waals surface area (Å²) in [5, 5.41) is 2.94. The molecule has 2 rings (SSSR count). The lowest BCUT2D eigenvalue weighted by Gasteiger charge is -2.22. The molecule has 134 valence electrons. The summed E-state index contributed by atoms with van der Waals surface area (Å²) < 4.78 is 22.7. The van der Waals surface area contributed by atoms with E-state index in [2.05, 4.69) is 29.0 Å². The quantitative estimate of drug-likeness (QED) is 0.754. The maximum Gasteiger partial charge on any atom is 0.260 e. The summed E-state index contributed by atoms with van der Waals surface area (Å²) in [7, 11) is -3.01. The molecule has 0 radical (unpaired) electrons. The van der Waals surface area contributed by atoms with Crippen molar-refractivity contribution in [2.75, 3.05) is 31.6 Å². The van der Waals surface area contributed by atoms with E-state index < -0.39 is 21.3 Å². The summed E-state index contributed by atoms with van der Waals surface area (Å²) in [6.07, 6.45) is 2.71. The van der Waals surface area contributed by atoms with Gasteiger partial charge in [-0.15, -0.1) is 0 Å². The van der Waals surface area contributed by atoms with Crippen LogP contribution in [0, 0.1) is 11.8 Å². The second-order valence-electron chi connectivity index (χ2n) is 6.79. The van der Waals surface area contributed by atoms with Crippen molar-refractivity contribution in [3.63, 3.8) is 0 Å². The number of nitrogens with one attached hydrogen (secondary N) is 2. The van der Waals surface area contributed by atoms with Crippen molar-refractivity contribution < 1.29 is 13.2 Å². The number of aromatic nitrogens is 1. The number of rotatable bonds is 6. The summed E-state index contributed by atoms with van der Waals surface area (Å²) in [4.78, 5) is 28.7. The smallest absolute Gasteiger partial charge is 0.260 e. The molecule has 1 amide bonds. The fourth-order valence-electron chi connectivity index (χ4n) is 3.07. The van der Waals surface area contributed by atoms with E-state index in [9.17, 15) is 18.0 Å². The van der Waals surface area contributed by atoms with Crippen molar-refractivity contribution in [2.45, 2.75) is 19.9 Å². The second-order valence-corrected chi connectivity index (χ2v) is 9.05. The molecule has 0 aliphatic carbocycles. The molecule has 7 nitrogen and oxygen atoms in total. The first-order valence-electron chi connectivity index (χ1n) is 8.06. The Hall–Kier alpha value is -1.67. The lowest BCUT2D eigenvalue weighted by molar-refractivity contribution is 0.0923. The Balaban J connectivity index is 2.06. The highest BCUT2D eigenvalue weighted by molar-refractivity contribution is 7.90. The first-order chi connectivity index (χ1) is 11.2. The predicted octanol–water partition coefficient (Wildman–Crippen LogP) is 0.106. The maximum absolute atomic E-state index is 12.4. The number of carbonyl (C=O) groups is 1. The lowest BCUT2D eigenvalue weighted by Crippen LogP contribution is -2.43. The van der Waals surface area contributed by atoms with Gasteiger partial charge in [-0.25, -0.2) is 8.42 Å². The number of amides is 1. The normalized spacial score (nSPS) is 22.0. The number of H-pyrrole nitrogens is 1. The van der Waals surface area contributed by atoms with Gasteiger partial charge in [-0.05, 0) is 24.0 Å². The van der Waals surface area contributed by atoms with Gasteiger partial charge in [-0.1, -0.05) is 13.8 Å². The Morgan fingerprint density at radius 2 is 2.12 bits per heavy atom. The second kappa shape index (κ2) is 7.48. The van der Waals surface area contributed by atoms with Gasteiger partial charge < -0.3 is 10.3 Å². The largest absolute Gasteiger partial charge is 0.348 e. The van der Waals surface area contributed by atoms with E-state index in [-0.39, 0.29) is 23.3 Å². The summed E-state index contributed by atoms with van der Waals surface area (Å²) >= 11 is 0. The third-order valence-corrected chi connectivity index (χ3v) is 5.38. The predicted molar refractivity (Wildman–Crippen MR) is 92.8 cm³/mol. The molecule has 1 aliphatic heterocycles. The molecule has 1 aromatic heterocycles. The van der Waals surface area contributed by atoms with Crippen LogP contribution in [0.2, 0.25) is 0 Å². The first-order valence-corrected chi connectivity index (χ1v) is 10.1. The van der Waals surface area contributed by atoms with Crippen molar-refractivity contribution in [3.8, 4) is 0 Å². The molecule has 0 bridgehead atoms. The van der Waals surface area contributed by atoms with Crippen LogP contribution >= 0.6 is 0 Å². The molecule has 1 saturated heterocycles.